The van der Waals surface area contributed by atoms with Gasteiger partial charge in [0.25, 0.3) is 0 Å². The summed E-state index contributed by atoms with van der Waals surface area (Å²) in [6.45, 7) is 0. The fourth-order valence-electron chi connectivity index (χ4n) is 0. The van der Waals surface area contributed by atoms with Crippen molar-refractivity contribution in [2.75, 3.05) is 0 Å². The van der Waals surface area contributed by atoms with Crippen molar-refractivity contribution in [3.63, 3.8) is 0 Å². The fraction of sp³-hybridized carbons (Fsp3) is 0. The molecule has 0 amide bonds. The van der Waals surface area contributed by atoms with E-state index in [1.807, 2.05) is 0 Å². The molecule has 0 heterocycles. The molecule has 0 aromatic rings. The van der Waals surface area contributed by atoms with E-state index in [2.05, 4.69) is 25.2 Å². The summed E-state index contributed by atoms with van der Waals surface area (Å²) in [5.74, 6) is 0. The number of rotatable bonds is 0. The summed E-state index contributed by atoms with van der Waals surface area (Å²) in [6.07, 6.45) is 0. The Morgan fingerprint density at radius 3 is 1.25 bits per heavy atom. The van der Waals surface area contributed by atoms with Gasteiger partial charge in [-0.25, -0.2) is 0 Å². The van der Waals surface area contributed by atoms with Crippen molar-refractivity contribution in [3.05, 3.63) is 0 Å². The van der Waals surface area contributed by atoms with E-state index in [1.54, 1.807) is 0 Å². The quantitative estimate of drug-likeness (QED) is 0.446. The molecular formula is H2AlCl2Fe. The van der Waals surface area contributed by atoms with Crippen LogP contribution in [0.5, 0.6) is 0 Å². The molecule has 0 aliphatic heterocycles. The maximum atomic E-state index is 4.78. The van der Waals surface area contributed by atoms with Crippen LogP contribution in [0.15, 0.2) is 0 Å². The van der Waals surface area contributed by atoms with Gasteiger partial charge in [0.15, 0.2) is 0 Å². The Bertz CT molecular complexity index is 6.00. The molecule has 0 atom stereocenters. The van der Waals surface area contributed by atoms with Gasteiger partial charge < -0.3 is 0 Å². The Hall–Kier alpha value is 1.63. The number of halogens is 2. The van der Waals surface area contributed by atoms with Crippen LogP contribution in [0.2, 0.25) is 0 Å². The van der Waals surface area contributed by atoms with E-state index in [9.17, 15) is 0 Å². The van der Waals surface area contributed by atoms with Crippen LogP contribution in [0.1, 0.15) is 0 Å². The summed E-state index contributed by atoms with van der Waals surface area (Å²) >= 11 is 3.50. The van der Waals surface area contributed by atoms with Gasteiger partial charge >= 0.3 is 40.6 Å². The van der Waals surface area contributed by atoms with Gasteiger partial charge in [-0.3, -0.25) is 10.0 Å². The van der Waals surface area contributed by atoms with Crippen LogP contribution in [-0.4, -0.2) is 15.4 Å². The third-order valence-corrected chi connectivity index (χ3v) is 0. The molecule has 0 N–H and O–H groups in total. The molecule has 0 spiro atoms. The van der Waals surface area contributed by atoms with Crippen molar-refractivity contribution in [2.45, 2.75) is 0 Å². The van der Waals surface area contributed by atoms with Crippen molar-refractivity contribution in [1.82, 2.24) is 0 Å². The predicted octanol–water partition coefficient (Wildman–Crippen LogP) is 0.460. The van der Waals surface area contributed by atoms with Gasteiger partial charge in [-0.05, 0) is 0 Å². The molecule has 0 saturated heterocycles. The molecular weight excluding hydrogens is 154 g/mol. The molecule has 0 aromatic carbocycles. The van der Waals surface area contributed by atoms with E-state index >= 15 is 0 Å². The summed E-state index contributed by atoms with van der Waals surface area (Å²) in [5, 5.41) is 0. The van der Waals surface area contributed by atoms with E-state index in [1.165, 1.54) is 0 Å². The zero-order valence-electron chi connectivity index (χ0n) is 2.11. The monoisotopic (exact) mass is 155 g/mol. The fourth-order valence-corrected chi connectivity index (χ4v) is 0. The van der Waals surface area contributed by atoms with E-state index in [0.29, 0.717) is 0 Å². The molecule has 0 unspecified atom stereocenters. The first-order chi connectivity index (χ1) is 2.00. The molecule has 0 fully saturated rings. The Balaban J connectivity index is 0. The van der Waals surface area contributed by atoms with Gasteiger partial charge in [0, 0.05) is 0 Å². The Morgan fingerprint density at radius 1 is 1.25 bits per heavy atom. The topological polar surface area (TPSA) is 0 Å². The second kappa shape index (κ2) is 22.9. The van der Waals surface area contributed by atoms with Gasteiger partial charge in [0.05, 0.1) is 0 Å². The van der Waals surface area contributed by atoms with Gasteiger partial charge in [0.2, 0.25) is 0 Å². The molecule has 4 heteroatoms. The third kappa shape index (κ3) is 9.45. The molecule has 4 heavy (non-hydrogen) atoms. The van der Waals surface area contributed by atoms with Crippen molar-refractivity contribution in [1.29, 1.82) is 0 Å². The summed E-state index contributed by atoms with van der Waals surface area (Å²) in [7, 11) is 9.17. The van der Waals surface area contributed by atoms with Gasteiger partial charge in [-0.2, -0.15) is 0 Å². The Kier molecular flexibility index (Phi) is 52.5. The zero-order chi connectivity index (χ0) is 4.00. The minimum absolute atomic E-state index is 0.778. The van der Waals surface area contributed by atoms with Gasteiger partial charge in [-0.15, -0.1) is 0 Å². The molecule has 0 nitrogen and oxygen atoms in total. The molecule has 0 radical (unpaired) electrons. The predicted molar refractivity (Wildman–Crippen MR) is 20.2 cm³/mol. The molecule has 0 bridgehead atoms. The number of hydrogen-bond donors (Lipinski definition) is 0. The summed E-state index contributed by atoms with van der Waals surface area (Å²) in [5.41, 5.74) is 0. The van der Waals surface area contributed by atoms with Crippen LogP contribution in [0.25, 0.3) is 0 Å². The van der Waals surface area contributed by atoms with Crippen LogP contribution in [0, 0.1) is 0 Å². The summed E-state index contributed by atoms with van der Waals surface area (Å²) in [6, 6.07) is 0. The molecule has 0 saturated carbocycles. The Labute approximate surface area is 50.5 Å². The third-order valence-electron chi connectivity index (χ3n) is 0. The summed E-state index contributed by atoms with van der Waals surface area (Å²) < 4.78 is 0. The average Bonchev–Trinajstić information content (AvgIpc) is 1.50. The van der Waals surface area contributed by atoms with Crippen LogP contribution in [-0.2, 0) is 15.1 Å². The number of hydrogen-bond acceptors (Lipinski definition) is 0. The first-order valence-electron chi connectivity index (χ1n) is 0.512. The molecule has 0 rings (SSSR count). The van der Waals surface area contributed by atoms with Crippen LogP contribution in [0.3, 0.4) is 0 Å². The van der Waals surface area contributed by atoms with Crippen molar-refractivity contribution < 1.29 is 15.1 Å². The second-order valence-corrected chi connectivity index (χ2v) is 0. The van der Waals surface area contributed by atoms with Gasteiger partial charge in [-0.1, -0.05) is 0 Å². The van der Waals surface area contributed by atoms with Crippen LogP contribution in [0.4, 0.5) is 0 Å². The zero-order valence-corrected chi connectivity index (χ0v) is 6.73. The van der Waals surface area contributed by atoms with Crippen LogP contribution >= 0.6 is 20.1 Å². The van der Waals surface area contributed by atoms with Gasteiger partial charge in [0.1, 0.15) is 0 Å². The van der Waals surface area contributed by atoms with E-state index < -0.39 is 0 Å². The molecule has 27 valence electrons. The van der Waals surface area contributed by atoms with E-state index in [-0.39, 0.29) is 0 Å². The first kappa shape index (κ1) is 9.16. The molecule has 0 aliphatic rings. The Morgan fingerprint density at radius 2 is 1.25 bits per heavy atom. The normalized spacial score (nSPS) is 2.75. The maximum absolute atomic E-state index is 4.78. The van der Waals surface area contributed by atoms with E-state index in [4.69, 9.17) is 10.0 Å². The van der Waals surface area contributed by atoms with Crippen molar-refractivity contribution in [2.24, 2.45) is 0 Å². The summed E-state index contributed by atoms with van der Waals surface area (Å²) in [4.78, 5) is 0. The van der Waals surface area contributed by atoms with E-state index in [0.717, 1.165) is 15.4 Å². The van der Waals surface area contributed by atoms with Crippen LogP contribution < -0.4 is 0 Å². The minimum atomic E-state index is 0.778. The second-order valence-electron chi connectivity index (χ2n) is 0. The average molecular weight is 156 g/mol. The van der Waals surface area contributed by atoms with Crippen molar-refractivity contribution in [3.8, 4) is 0 Å². The molecule has 0 aromatic heterocycles. The SMILES string of the molecule is [AlH2][Cl].[Cl][Fe]. The molecule has 0 aliphatic carbocycles. The standard InChI is InChI=1S/Al.2ClH.Fe.2H/h;2*1H;;;/q+1;;;+1;;/p-2. The van der Waals surface area contributed by atoms with Crippen molar-refractivity contribution >= 4 is 35.5 Å². The first-order valence-corrected chi connectivity index (χ1v) is 5.05.